The van der Waals surface area contributed by atoms with E-state index in [0.29, 0.717) is 5.69 Å². The molecule has 0 aliphatic carbocycles. The van der Waals surface area contributed by atoms with Crippen molar-refractivity contribution in [1.82, 2.24) is 14.8 Å². The molecule has 0 spiro atoms. The molecule has 0 bridgehead atoms. The van der Waals surface area contributed by atoms with E-state index in [1.165, 1.54) is 5.56 Å². The fourth-order valence-corrected chi connectivity index (χ4v) is 1.52. The minimum absolute atomic E-state index is 0.435. The van der Waals surface area contributed by atoms with Gasteiger partial charge in [0.15, 0.2) is 6.29 Å². The highest BCUT2D eigenvalue weighted by atomic mass is 16.1. The highest BCUT2D eigenvalue weighted by molar-refractivity contribution is 5.71. The van der Waals surface area contributed by atoms with Gasteiger partial charge < -0.3 is 0 Å². The van der Waals surface area contributed by atoms with Crippen LogP contribution in [0.1, 0.15) is 29.4 Å². The molecule has 0 unspecified atom stereocenters. The molecule has 16 heavy (non-hydrogen) atoms. The molecule has 82 valence electrons. The van der Waals surface area contributed by atoms with Gasteiger partial charge in [-0.25, -0.2) is 4.68 Å². The lowest BCUT2D eigenvalue weighted by Crippen LogP contribution is -1.96. The molecule has 4 heteroatoms. The lowest BCUT2D eigenvalue weighted by atomic mass is 10.2. The third kappa shape index (κ3) is 2.16. The average Bonchev–Trinajstić information content (AvgIpc) is 2.78. The van der Waals surface area contributed by atoms with Crippen LogP contribution in [0.4, 0.5) is 0 Å². The van der Waals surface area contributed by atoms with Gasteiger partial charge in [-0.2, -0.15) is 5.10 Å². The summed E-state index contributed by atoms with van der Waals surface area (Å²) in [5.41, 5.74) is 2.51. The Kier molecular flexibility index (Phi) is 3.10. The smallest absolute Gasteiger partial charge is 0.168 e. The van der Waals surface area contributed by atoms with E-state index < -0.39 is 0 Å². The van der Waals surface area contributed by atoms with Crippen molar-refractivity contribution < 1.29 is 4.79 Å². The summed E-state index contributed by atoms with van der Waals surface area (Å²) in [7, 11) is 0. The van der Waals surface area contributed by atoms with Crippen molar-refractivity contribution in [1.29, 1.82) is 0 Å². The standard InChI is InChI=1S/C12H13N3O/c1-2-3-10-6-14-15(8-10)12-5-4-11(9-16)13-7-12/h4-9H,2-3H2,1H3. The monoisotopic (exact) mass is 215 g/mol. The number of carbonyl (C=O) groups excluding carboxylic acids is 1. The molecule has 4 nitrogen and oxygen atoms in total. The van der Waals surface area contributed by atoms with Gasteiger partial charge in [0.1, 0.15) is 5.69 Å². The number of nitrogens with zero attached hydrogens (tertiary/aromatic N) is 3. The van der Waals surface area contributed by atoms with E-state index in [9.17, 15) is 4.79 Å². The molecule has 0 saturated heterocycles. The molecule has 0 amide bonds. The molecule has 0 fully saturated rings. The topological polar surface area (TPSA) is 47.8 Å². The van der Waals surface area contributed by atoms with Gasteiger partial charge in [-0.15, -0.1) is 0 Å². The van der Waals surface area contributed by atoms with E-state index in [-0.39, 0.29) is 0 Å². The third-order valence-corrected chi connectivity index (χ3v) is 2.33. The number of hydrogen-bond acceptors (Lipinski definition) is 3. The van der Waals surface area contributed by atoms with Crippen LogP contribution in [0.5, 0.6) is 0 Å². The number of rotatable bonds is 4. The molecule has 0 aliphatic rings. The zero-order chi connectivity index (χ0) is 11.4. The summed E-state index contributed by atoms with van der Waals surface area (Å²) in [6.07, 6.45) is 8.36. The average molecular weight is 215 g/mol. The maximum absolute atomic E-state index is 10.5. The summed E-state index contributed by atoms with van der Waals surface area (Å²) in [6, 6.07) is 3.52. The fourth-order valence-electron chi connectivity index (χ4n) is 1.52. The molecule has 0 radical (unpaired) electrons. The summed E-state index contributed by atoms with van der Waals surface area (Å²) >= 11 is 0. The molecule has 0 N–H and O–H groups in total. The zero-order valence-corrected chi connectivity index (χ0v) is 9.13. The predicted molar refractivity (Wildman–Crippen MR) is 60.7 cm³/mol. The van der Waals surface area contributed by atoms with Crippen LogP contribution in [0, 0.1) is 0 Å². The second-order valence-corrected chi connectivity index (χ2v) is 3.60. The Balaban J connectivity index is 2.24. The number of carbonyl (C=O) groups is 1. The van der Waals surface area contributed by atoms with Gasteiger partial charge >= 0.3 is 0 Å². The Bertz CT molecular complexity index is 473. The zero-order valence-electron chi connectivity index (χ0n) is 9.13. The first-order chi connectivity index (χ1) is 7.83. The minimum atomic E-state index is 0.435. The molecule has 2 heterocycles. The molecular formula is C12H13N3O. The van der Waals surface area contributed by atoms with Crippen LogP contribution >= 0.6 is 0 Å². The molecule has 0 aliphatic heterocycles. The first kappa shape index (κ1) is 10.5. The van der Waals surface area contributed by atoms with Gasteiger partial charge in [0.05, 0.1) is 18.1 Å². The summed E-state index contributed by atoms with van der Waals surface area (Å²) in [4.78, 5) is 14.5. The Labute approximate surface area is 93.9 Å². The summed E-state index contributed by atoms with van der Waals surface area (Å²) in [5, 5.41) is 4.25. The van der Waals surface area contributed by atoms with E-state index in [2.05, 4.69) is 17.0 Å². The number of pyridine rings is 1. The molecule has 2 aromatic heterocycles. The van der Waals surface area contributed by atoms with Crippen LogP contribution in [-0.2, 0) is 6.42 Å². The summed E-state index contributed by atoms with van der Waals surface area (Å²) in [5.74, 6) is 0. The van der Waals surface area contributed by atoms with Crippen molar-refractivity contribution in [2.45, 2.75) is 19.8 Å². The molecule has 0 atom stereocenters. The van der Waals surface area contributed by atoms with E-state index in [1.54, 1.807) is 16.9 Å². The van der Waals surface area contributed by atoms with Gasteiger partial charge in [-0.05, 0) is 24.1 Å². The van der Waals surface area contributed by atoms with E-state index >= 15 is 0 Å². The SMILES string of the molecule is CCCc1cnn(-c2ccc(C=O)nc2)c1. The van der Waals surface area contributed by atoms with Crippen LogP contribution < -0.4 is 0 Å². The Morgan fingerprint density at radius 2 is 2.25 bits per heavy atom. The van der Waals surface area contributed by atoms with Crippen LogP contribution in [0.15, 0.2) is 30.7 Å². The van der Waals surface area contributed by atoms with Crippen LogP contribution in [0.2, 0.25) is 0 Å². The van der Waals surface area contributed by atoms with E-state index in [4.69, 9.17) is 0 Å². The van der Waals surface area contributed by atoms with Crippen LogP contribution in [0.25, 0.3) is 5.69 Å². The molecule has 0 aromatic carbocycles. The molecule has 2 aromatic rings. The molecule has 0 saturated carbocycles. The highest BCUT2D eigenvalue weighted by Gasteiger charge is 2.00. The first-order valence-corrected chi connectivity index (χ1v) is 5.28. The van der Waals surface area contributed by atoms with Gasteiger partial charge in [-0.1, -0.05) is 13.3 Å². The second kappa shape index (κ2) is 4.70. The lowest BCUT2D eigenvalue weighted by Gasteiger charge is -1.99. The number of aromatic nitrogens is 3. The quantitative estimate of drug-likeness (QED) is 0.733. The van der Waals surface area contributed by atoms with Crippen molar-refractivity contribution >= 4 is 6.29 Å². The van der Waals surface area contributed by atoms with Crippen LogP contribution in [-0.4, -0.2) is 21.1 Å². The largest absolute Gasteiger partial charge is 0.296 e. The maximum Gasteiger partial charge on any atom is 0.168 e. The Morgan fingerprint density at radius 3 is 2.88 bits per heavy atom. The maximum atomic E-state index is 10.5. The number of aldehydes is 1. The molecule has 2 rings (SSSR count). The van der Waals surface area contributed by atoms with Crippen molar-refractivity contribution in [3.8, 4) is 5.69 Å². The summed E-state index contributed by atoms with van der Waals surface area (Å²) in [6.45, 7) is 2.14. The van der Waals surface area contributed by atoms with Crippen molar-refractivity contribution in [3.05, 3.63) is 42.0 Å². The second-order valence-electron chi connectivity index (χ2n) is 3.60. The number of hydrogen-bond donors (Lipinski definition) is 0. The fraction of sp³-hybridized carbons (Fsp3) is 0.250. The lowest BCUT2D eigenvalue weighted by molar-refractivity contribution is 0.111. The van der Waals surface area contributed by atoms with E-state index in [1.807, 2.05) is 18.5 Å². The van der Waals surface area contributed by atoms with E-state index in [0.717, 1.165) is 24.8 Å². The third-order valence-electron chi connectivity index (χ3n) is 2.33. The van der Waals surface area contributed by atoms with Crippen LogP contribution in [0.3, 0.4) is 0 Å². The first-order valence-electron chi connectivity index (χ1n) is 5.28. The van der Waals surface area contributed by atoms with Gasteiger partial charge in [-0.3, -0.25) is 9.78 Å². The predicted octanol–water partition coefficient (Wildman–Crippen LogP) is 2.03. The van der Waals surface area contributed by atoms with Gasteiger partial charge in [0, 0.05) is 6.20 Å². The van der Waals surface area contributed by atoms with Crippen molar-refractivity contribution in [2.75, 3.05) is 0 Å². The highest BCUT2D eigenvalue weighted by Crippen LogP contribution is 2.08. The minimum Gasteiger partial charge on any atom is -0.296 e. The van der Waals surface area contributed by atoms with Gasteiger partial charge in [0.25, 0.3) is 0 Å². The Hall–Kier alpha value is -1.97. The Morgan fingerprint density at radius 1 is 1.38 bits per heavy atom. The van der Waals surface area contributed by atoms with Gasteiger partial charge in [0.2, 0.25) is 0 Å². The van der Waals surface area contributed by atoms with Crippen molar-refractivity contribution in [2.24, 2.45) is 0 Å². The summed E-state index contributed by atoms with van der Waals surface area (Å²) < 4.78 is 1.77. The normalized spacial score (nSPS) is 10.3. The molecular weight excluding hydrogens is 202 g/mol. The van der Waals surface area contributed by atoms with Crippen molar-refractivity contribution in [3.63, 3.8) is 0 Å². The number of aryl methyl sites for hydroxylation is 1.